The minimum atomic E-state index is -0.633. The molecule has 1 saturated heterocycles. The molecule has 2 aliphatic rings. The van der Waals surface area contributed by atoms with Gasteiger partial charge in [0.1, 0.15) is 0 Å². The number of nitrogens with zero attached hydrogens (tertiary/aromatic N) is 1. The molecule has 19 heavy (non-hydrogen) atoms. The lowest BCUT2D eigenvalue weighted by Gasteiger charge is -2.35. The van der Waals surface area contributed by atoms with Gasteiger partial charge in [0.25, 0.3) is 0 Å². The van der Waals surface area contributed by atoms with Crippen molar-refractivity contribution in [3.63, 3.8) is 0 Å². The highest BCUT2D eigenvalue weighted by Gasteiger charge is 2.39. The van der Waals surface area contributed by atoms with E-state index in [1.165, 1.54) is 11.1 Å². The largest absolute Gasteiger partial charge is 0.481 e. The van der Waals surface area contributed by atoms with Gasteiger partial charge in [0.05, 0.1) is 5.92 Å². The molecule has 3 rings (SSSR count). The zero-order valence-electron chi connectivity index (χ0n) is 11.4. The Hall–Kier alpha value is -1.35. The molecular weight excluding hydrogens is 238 g/mol. The zero-order valence-corrected chi connectivity index (χ0v) is 11.4. The first kappa shape index (κ1) is 12.7. The summed E-state index contributed by atoms with van der Waals surface area (Å²) in [6, 6.07) is 9.35. The molecule has 3 atom stereocenters. The Morgan fingerprint density at radius 2 is 2.00 bits per heavy atom. The fourth-order valence-corrected chi connectivity index (χ4v) is 3.77. The van der Waals surface area contributed by atoms with Crippen LogP contribution in [0.25, 0.3) is 0 Å². The topological polar surface area (TPSA) is 40.5 Å². The predicted molar refractivity (Wildman–Crippen MR) is 74.2 cm³/mol. The number of carboxylic acid groups (broad SMARTS) is 1. The number of fused-ring (bicyclic) bond motifs is 1. The summed E-state index contributed by atoms with van der Waals surface area (Å²) in [6.07, 6.45) is 4.16. The van der Waals surface area contributed by atoms with Gasteiger partial charge in [-0.25, -0.2) is 0 Å². The summed E-state index contributed by atoms with van der Waals surface area (Å²) >= 11 is 0. The van der Waals surface area contributed by atoms with E-state index in [1.807, 2.05) is 0 Å². The first-order chi connectivity index (χ1) is 9.16. The minimum absolute atomic E-state index is 0.174. The Balaban J connectivity index is 1.74. The molecule has 3 heteroatoms. The third kappa shape index (κ3) is 2.27. The van der Waals surface area contributed by atoms with Gasteiger partial charge in [-0.05, 0) is 50.3 Å². The smallest absolute Gasteiger partial charge is 0.308 e. The average Bonchev–Trinajstić information content (AvgIpc) is 2.80. The van der Waals surface area contributed by atoms with Crippen LogP contribution in [0.15, 0.2) is 24.3 Å². The van der Waals surface area contributed by atoms with Crippen molar-refractivity contribution in [2.24, 2.45) is 5.92 Å². The molecule has 1 heterocycles. The number of aryl methyl sites for hydroxylation is 1. The number of hydrogen-bond acceptors (Lipinski definition) is 2. The third-order valence-electron chi connectivity index (χ3n) is 4.91. The fraction of sp³-hybridized carbons (Fsp3) is 0.562. The first-order valence-corrected chi connectivity index (χ1v) is 7.22. The Labute approximate surface area is 114 Å². The molecule has 0 saturated carbocycles. The zero-order chi connectivity index (χ0) is 13.4. The van der Waals surface area contributed by atoms with Gasteiger partial charge in [0, 0.05) is 12.1 Å². The van der Waals surface area contributed by atoms with Crippen LogP contribution in [-0.2, 0) is 17.6 Å². The van der Waals surface area contributed by atoms with Gasteiger partial charge >= 0.3 is 5.97 Å². The summed E-state index contributed by atoms with van der Waals surface area (Å²) in [5.41, 5.74) is 2.92. The Morgan fingerprint density at radius 3 is 2.68 bits per heavy atom. The highest BCUT2D eigenvalue weighted by molar-refractivity contribution is 5.71. The summed E-state index contributed by atoms with van der Waals surface area (Å²) in [4.78, 5) is 13.6. The van der Waals surface area contributed by atoms with Gasteiger partial charge in [-0.3, -0.25) is 9.69 Å². The van der Waals surface area contributed by atoms with Gasteiger partial charge in [0.15, 0.2) is 0 Å². The van der Waals surface area contributed by atoms with Crippen molar-refractivity contribution >= 4 is 5.97 Å². The lowest BCUT2D eigenvalue weighted by atomic mass is 9.87. The molecule has 102 valence electrons. The quantitative estimate of drug-likeness (QED) is 0.886. The summed E-state index contributed by atoms with van der Waals surface area (Å²) < 4.78 is 0. The van der Waals surface area contributed by atoms with E-state index < -0.39 is 5.97 Å². The molecule has 3 nitrogen and oxygen atoms in total. The van der Waals surface area contributed by atoms with Crippen molar-refractivity contribution < 1.29 is 9.90 Å². The predicted octanol–water partition coefficient (Wildman–Crippen LogP) is 2.34. The maximum atomic E-state index is 11.2. The highest BCUT2D eigenvalue weighted by Crippen LogP contribution is 2.32. The molecule has 1 N–H and O–H groups in total. The number of hydrogen-bond donors (Lipinski definition) is 1. The molecular formula is C16H21NO2. The van der Waals surface area contributed by atoms with Gasteiger partial charge in [0.2, 0.25) is 0 Å². The van der Waals surface area contributed by atoms with Crippen molar-refractivity contribution in [3.8, 4) is 0 Å². The van der Waals surface area contributed by atoms with E-state index in [-0.39, 0.29) is 12.0 Å². The Morgan fingerprint density at radius 1 is 1.26 bits per heavy atom. The molecule has 1 aromatic rings. The van der Waals surface area contributed by atoms with Gasteiger partial charge in [-0.1, -0.05) is 24.3 Å². The maximum absolute atomic E-state index is 11.2. The number of aliphatic carboxylic acids is 1. The monoisotopic (exact) mass is 259 g/mol. The van der Waals surface area contributed by atoms with Crippen LogP contribution >= 0.6 is 0 Å². The minimum Gasteiger partial charge on any atom is -0.481 e. The highest BCUT2D eigenvalue weighted by atomic mass is 16.4. The average molecular weight is 259 g/mol. The summed E-state index contributed by atoms with van der Waals surface area (Å²) in [7, 11) is 0. The van der Waals surface area contributed by atoms with Crippen LogP contribution in [0.2, 0.25) is 0 Å². The van der Waals surface area contributed by atoms with E-state index in [4.69, 9.17) is 0 Å². The summed E-state index contributed by atoms with van der Waals surface area (Å²) in [5, 5.41) is 9.23. The SMILES string of the molecule is CC1C(C(=O)O)CCN1C1CCc2ccccc2C1. The lowest BCUT2D eigenvalue weighted by molar-refractivity contribution is -0.142. The van der Waals surface area contributed by atoms with Crippen LogP contribution in [0, 0.1) is 5.92 Å². The van der Waals surface area contributed by atoms with Crippen LogP contribution in [0.1, 0.15) is 30.9 Å². The van der Waals surface area contributed by atoms with Crippen molar-refractivity contribution in [2.45, 2.75) is 44.7 Å². The molecule has 1 fully saturated rings. The lowest BCUT2D eigenvalue weighted by Crippen LogP contribution is -2.43. The number of likely N-dealkylation sites (tertiary alicyclic amines) is 1. The second-order valence-corrected chi connectivity index (χ2v) is 5.88. The van der Waals surface area contributed by atoms with E-state index in [9.17, 15) is 9.90 Å². The Kier molecular flexibility index (Phi) is 3.31. The third-order valence-corrected chi connectivity index (χ3v) is 4.91. The normalized spacial score (nSPS) is 31.1. The standard InChI is InChI=1S/C16H21NO2/c1-11-15(16(18)19)8-9-17(11)14-7-6-12-4-2-3-5-13(12)10-14/h2-5,11,14-15H,6-10H2,1H3,(H,18,19). The molecule has 0 radical (unpaired) electrons. The van der Waals surface area contributed by atoms with Gasteiger partial charge in [-0.15, -0.1) is 0 Å². The van der Waals surface area contributed by atoms with Crippen molar-refractivity contribution in [1.29, 1.82) is 0 Å². The van der Waals surface area contributed by atoms with Gasteiger partial charge in [-0.2, -0.15) is 0 Å². The van der Waals surface area contributed by atoms with Crippen molar-refractivity contribution in [2.75, 3.05) is 6.54 Å². The molecule has 0 spiro atoms. The number of carboxylic acids is 1. The number of rotatable bonds is 2. The Bertz CT molecular complexity index is 485. The first-order valence-electron chi connectivity index (χ1n) is 7.22. The second kappa shape index (κ2) is 4.97. The summed E-state index contributed by atoms with van der Waals surface area (Å²) in [5.74, 6) is -0.816. The van der Waals surface area contributed by atoms with Crippen molar-refractivity contribution in [1.82, 2.24) is 4.90 Å². The molecule has 3 unspecified atom stereocenters. The van der Waals surface area contributed by atoms with Crippen LogP contribution in [0.3, 0.4) is 0 Å². The molecule has 0 amide bonds. The van der Waals surface area contributed by atoms with Crippen molar-refractivity contribution in [3.05, 3.63) is 35.4 Å². The van der Waals surface area contributed by atoms with E-state index in [0.717, 1.165) is 32.2 Å². The number of carbonyl (C=O) groups is 1. The second-order valence-electron chi connectivity index (χ2n) is 5.88. The van der Waals surface area contributed by atoms with E-state index >= 15 is 0 Å². The maximum Gasteiger partial charge on any atom is 0.308 e. The van der Waals surface area contributed by atoms with Crippen LogP contribution in [0.5, 0.6) is 0 Å². The molecule has 0 bridgehead atoms. The molecule has 1 aliphatic heterocycles. The van der Waals surface area contributed by atoms with Crippen LogP contribution < -0.4 is 0 Å². The van der Waals surface area contributed by atoms with Crippen LogP contribution in [0.4, 0.5) is 0 Å². The van der Waals surface area contributed by atoms with Gasteiger partial charge < -0.3 is 5.11 Å². The number of benzene rings is 1. The molecule has 1 aromatic carbocycles. The molecule has 0 aromatic heterocycles. The van der Waals surface area contributed by atoms with E-state index in [1.54, 1.807) is 0 Å². The summed E-state index contributed by atoms with van der Waals surface area (Å²) in [6.45, 7) is 3.01. The van der Waals surface area contributed by atoms with E-state index in [0.29, 0.717) is 6.04 Å². The molecule has 1 aliphatic carbocycles. The fourth-order valence-electron chi connectivity index (χ4n) is 3.77. The van der Waals surface area contributed by atoms with E-state index in [2.05, 4.69) is 36.1 Å². The van der Waals surface area contributed by atoms with Crippen LogP contribution in [-0.4, -0.2) is 34.6 Å².